The molecular weight excluding hydrogens is 351 g/mol. The molecule has 4 saturated heterocycles. The smallest absolute Gasteiger partial charge is 0.258 e. The van der Waals surface area contributed by atoms with E-state index in [0.29, 0.717) is 17.6 Å². The second-order valence-corrected chi connectivity index (χ2v) is 7.81. The van der Waals surface area contributed by atoms with Gasteiger partial charge in [-0.3, -0.25) is 19.7 Å². The van der Waals surface area contributed by atoms with Gasteiger partial charge in [0.25, 0.3) is 5.91 Å². The second-order valence-electron chi connectivity index (χ2n) is 7.81. The average Bonchev–Trinajstić information content (AvgIpc) is 3.01. The number of anilines is 1. The first-order valence-corrected chi connectivity index (χ1v) is 9.49. The van der Waals surface area contributed by atoms with Gasteiger partial charge < -0.3 is 15.1 Å². The molecule has 5 heterocycles. The van der Waals surface area contributed by atoms with E-state index < -0.39 is 23.7 Å². The molecule has 8 heteroatoms. The molecule has 2 N–H and O–H groups in total. The van der Waals surface area contributed by atoms with Crippen molar-refractivity contribution in [2.75, 3.05) is 18.0 Å². The number of piperidine rings is 3. The summed E-state index contributed by atoms with van der Waals surface area (Å²) in [5, 5.41) is 5.78. The van der Waals surface area contributed by atoms with E-state index in [4.69, 9.17) is 0 Å². The summed E-state index contributed by atoms with van der Waals surface area (Å²) in [6.45, 7) is 1.94. The molecule has 3 unspecified atom stereocenters. The Morgan fingerprint density at radius 2 is 1.93 bits per heavy atom. The normalized spacial score (nSPS) is 30.0. The average molecular weight is 372 g/mol. The highest BCUT2D eigenvalue weighted by molar-refractivity contribution is 6.06. The monoisotopic (exact) mass is 372 g/mol. The van der Waals surface area contributed by atoms with Crippen LogP contribution < -0.4 is 15.5 Å². The van der Waals surface area contributed by atoms with Crippen molar-refractivity contribution in [3.63, 3.8) is 0 Å². The van der Waals surface area contributed by atoms with Crippen molar-refractivity contribution >= 4 is 23.4 Å². The Labute approximate surface area is 155 Å². The summed E-state index contributed by atoms with van der Waals surface area (Å²) in [7, 11) is 0. The molecule has 0 aliphatic carbocycles. The number of hydrogen-bond donors (Lipinski definition) is 2. The summed E-state index contributed by atoms with van der Waals surface area (Å²) in [4.78, 5) is 40.3. The molecule has 142 valence electrons. The number of hydrogen-bond acceptors (Lipinski definition) is 5. The van der Waals surface area contributed by atoms with Crippen molar-refractivity contribution in [2.45, 2.75) is 50.4 Å². The van der Waals surface area contributed by atoms with Crippen LogP contribution in [-0.4, -0.2) is 53.8 Å². The third kappa shape index (κ3) is 2.54. The summed E-state index contributed by atoms with van der Waals surface area (Å²) in [5.74, 6) is -1.81. The molecule has 0 spiro atoms. The predicted octanol–water partition coefficient (Wildman–Crippen LogP) is 0.527. The molecule has 27 heavy (non-hydrogen) atoms. The maximum absolute atomic E-state index is 14.5. The maximum atomic E-state index is 14.5. The molecule has 0 radical (unpaired) electrons. The highest BCUT2D eigenvalue weighted by Crippen LogP contribution is 2.38. The van der Waals surface area contributed by atoms with Gasteiger partial charge in [0.2, 0.25) is 11.8 Å². The van der Waals surface area contributed by atoms with Gasteiger partial charge in [0.1, 0.15) is 11.9 Å². The third-order valence-corrected chi connectivity index (χ3v) is 6.28. The minimum absolute atomic E-state index is 0.0756. The fourth-order valence-electron chi connectivity index (χ4n) is 4.89. The Bertz CT molecular complexity index is 850. The summed E-state index contributed by atoms with van der Waals surface area (Å²) in [6, 6.07) is 3.14. The van der Waals surface area contributed by atoms with Crippen molar-refractivity contribution < 1.29 is 18.8 Å². The third-order valence-electron chi connectivity index (χ3n) is 6.28. The number of rotatable bonds is 2. The molecule has 3 amide bonds. The zero-order chi connectivity index (χ0) is 18.7. The number of piperazine rings is 1. The summed E-state index contributed by atoms with van der Waals surface area (Å²) >= 11 is 0. The van der Waals surface area contributed by atoms with E-state index in [-0.39, 0.29) is 30.9 Å². The lowest BCUT2D eigenvalue weighted by atomic mass is 9.91. The second kappa shape index (κ2) is 6.02. The van der Waals surface area contributed by atoms with Crippen LogP contribution in [0.1, 0.15) is 41.6 Å². The van der Waals surface area contributed by atoms with Crippen LogP contribution in [0.3, 0.4) is 0 Å². The topological polar surface area (TPSA) is 81.8 Å². The number of nitrogens with one attached hydrogen (secondary N) is 2. The number of fused-ring (bicyclic) bond motifs is 4. The van der Waals surface area contributed by atoms with Gasteiger partial charge in [-0.2, -0.15) is 0 Å². The Kier molecular flexibility index (Phi) is 3.72. The van der Waals surface area contributed by atoms with Gasteiger partial charge in [0.15, 0.2) is 0 Å². The molecule has 5 aliphatic heterocycles. The van der Waals surface area contributed by atoms with Crippen LogP contribution in [0.2, 0.25) is 0 Å². The summed E-state index contributed by atoms with van der Waals surface area (Å²) in [6.07, 6.45) is 2.67. The van der Waals surface area contributed by atoms with Gasteiger partial charge in [0.05, 0.1) is 5.56 Å². The number of carbonyl (C=O) groups excluding carboxylic acids is 3. The number of nitrogens with zero attached hydrogens (tertiary/aromatic N) is 2. The van der Waals surface area contributed by atoms with Crippen LogP contribution in [0.25, 0.3) is 0 Å². The van der Waals surface area contributed by atoms with Gasteiger partial charge in [-0.1, -0.05) is 0 Å². The lowest BCUT2D eigenvalue weighted by Crippen LogP contribution is -2.61. The summed E-state index contributed by atoms with van der Waals surface area (Å²) in [5.41, 5.74) is 1.63. The molecule has 2 bridgehead atoms. The van der Waals surface area contributed by atoms with Crippen LogP contribution >= 0.6 is 0 Å². The molecular formula is C19H21FN4O3. The fraction of sp³-hybridized carbons (Fsp3) is 0.526. The molecule has 7 nitrogen and oxygen atoms in total. The Balaban J connectivity index is 1.49. The largest absolute Gasteiger partial charge is 0.365 e. The maximum Gasteiger partial charge on any atom is 0.258 e. The van der Waals surface area contributed by atoms with Gasteiger partial charge in [-0.25, -0.2) is 4.39 Å². The van der Waals surface area contributed by atoms with Crippen LogP contribution in [0.4, 0.5) is 10.1 Å². The fourth-order valence-corrected chi connectivity index (χ4v) is 4.89. The van der Waals surface area contributed by atoms with Crippen molar-refractivity contribution in [1.82, 2.24) is 15.5 Å². The van der Waals surface area contributed by atoms with Crippen molar-refractivity contribution in [3.8, 4) is 0 Å². The Morgan fingerprint density at radius 1 is 1.07 bits per heavy atom. The van der Waals surface area contributed by atoms with E-state index in [1.54, 1.807) is 6.07 Å². The molecule has 5 aliphatic rings. The van der Waals surface area contributed by atoms with Gasteiger partial charge >= 0.3 is 0 Å². The molecule has 1 aromatic rings. The Morgan fingerprint density at radius 3 is 2.59 bits per heavy atom. The number of amides is 3. The molecule has 1 aromatic carbocycles. The predicted molar refractivity (Wildman–Crippen MR) is 94.6 cm³/mol. The number of imide groups is 1. The first kappa shape index (κ1) is 16.7. The highest BCUT2D eigenvalue weighted by Gasteiger charge is 2.43. The van der Waals surface area contributed by atoms with E-state index in [1.807, 2.05) is 0 Å². The van der Waals surface area contributed by atoms with Crippen molar-refractivity contribution in [3.05, 3.63) is 29.1 Å². The molecule has 4 fully saturated rings. The van der Waals surface area contributed by atoms with Crippen LogP contribution in [-0.2, 0) is 16.1 Å². The van der Waals surface area contributed by atoms with Crippen LogP contribution in [0, 0.1) is 5.82 Å². The van der Waals surface area contributed by atoms with Crippen LogP contribution in [0.5, 0.6) is 0 Å². The SMILES string of the molecule is O=C1CCC(N2Cc3c(N4CC5CCC4CN5)ccc(F)c3C2=O)C(=O)N1. The van der Waals surface area contributed by atoms with Gasteiger partial charge in [0, 0.05) is 49.4 Å². The number of benzene rings is 1. The standard InChI is InChI=1S/C19H21FN4O3/c20-13-3-4-14(23-8-10-1-2-11(23)7-21-10)12-9-24(19(27)17(12)13)15-5-6-16(25)22-18(15)26/h3-4,10-11,15,21H,1-2,5-9H2,(H,22,25,26). The minimum atomic E-state index is -0.727. The number of halogens is 1. The first-order valence-electron chi connectivity index (χ1n) is 9.49. The van der Waals surface area contributed by atoms with E-state index in [2.05, 4.69) is 15.5 Å². The number of carbonyl (C=O) groups is 3. The van der Waals surface area contributed by atoms with Crippen molar-refractivity contribution in [1.29, 1.82) is 0 Å². The zero-order valence-electron chi connectivity index (χ0n) is 14.8. The zero-order valence-corrected chi connectivity index (χ0v) is 14.8. The van der Waals surface area contributed by atoms with E-state index in [0.717, 1.165) is 31.6 Å². The molecule has 0 saturated carbocycles. The lowest BCUT2D eigenvalue weighted by Gasteiger charge is -2.47. The molecule has 6 rings (SSSR count). The van der Waals surface area contributed by atoms with Crippen molar-refractivity contribution in [2.24, 2.45) is 0 Å². The lowest BCUT2D eigenvalue weighted by molar-refractivity contribution is -0.136. The van der Waals surface area contributed by atoms with E-state index in [9.17, 15) is 18.8 Å². The van der Waals surface area contributed by atoms with E-state index in [1.165, 1.54) is 11.0 Å². The highest BCUT2D eigenvalue weighted by atomic mass is 19.1. The van der Waals surface area contributed by atoms with E-state index >= 15 is 0 Å². The van der Waals surface area contributed by atoms with Gasteiger partial charge in [-0.15, -0.1) is 0 Å². The summed E-state index contributed by atoms with van der Waals surface area (Å²) < 4.78 is 14.5. The quantitative estimate of drug-likeness (QED) is 0.740. The van der Waals surface area contributed by atoms with Gasteiger partial charge in [-0.05, 0) is 31.4 Å². The first-order chi connectivity index (χ1) is 13.0. The molecule has 0 aromatic heterocycles. The Hall–Kier alpha value is -2.48. The minimum Gasteiger partial charge on any atom is -0.365 e. The molecule has 3 atom stereocenters. The van der Waals surface area contributed by atoms with Crippen LogP contribution in [0.15, 0.2) is 12.1 Å².